The number of aliphatic hydroxyl groups excluding tert-OH is 1. The van der Waals surface area contributed by atoms with Crippen LogP contribution in [0.15, 0.2) is 54.7 Å². The molecule has 2 heterocycles. The molecule has 4 rings (SSSR count). The molecule has 1 fully saturated rings. The number of hydrogen-bond donors (Lipinski definition) is 2. The normalized spacial score (nSPS) is 17.6. The van der Waals surface area contributed by atoms with Crippen LogP contribution in [0.2, 0.25) is 0 Å². The van der Waals surface area contributed by atoms with Crippen LogP contribution >= 0.6 is 0 Å². The van der Waals surface area contributed by atoms with Gasteiger partial charge in [-0.25, -0.2) is 9.48 Å². The largest absolute Gasteiger partial charge is 0.391 e. The van der Waals surface area contributed by atoms with E-state index in [9.17, 15) is 9.90 Å². The molecule has 1 aliphatic heterocycles. The van der Waals surface area contributed by atoms with Gasteiger partial charge in [0.2, 0.25) is 0 Å². The molecule has 1 saturated heterocycles. The zero-order valence-corrected chi connectivity index (χ0v) is 13.8. The number of anilines is 1. The lowest BCUT2D eigenvalue weighted by Crippen LogP contribution is -2.44. The summed E-state index contributed by atoms with van der Waals surface area (Å²) in [6.07, 6.45) is 3.01. The number of urea groups is 1. The molecule has 6 nitrogen and oxygen atoms in total. The van der Waals surface area contributed by atoms with E-state index in [-0.39, 0.29) is 6.03 Å². The van der Waals surface area contributed by atoms with Crippen LogP contribution in [0, 0.1) is 0 Å². The number of fused-ring (bicyclic) bond motifs is 1. The molecule has 0 spiro atoms. The van der Waals surface area contributed by atoms with Gasteiger partial charge in [0.1, 0.15) is 0 Å². The van der Waals surface area contributed by atoms with E-state index >= 15 is 0 Å². The number of nitrogens with one attached hydrogen (secondary N) is 1. The first-order valence-electron chi connectivity index (χ1n) is 8.48. The molecule has 0 saturated carbocycles. The van der Waals surface area contributed by atoms with Gasteiger partial charge in [-0.3, -0.25) is 0 Å². The molecule has 2 amide bonds. The first-order valence-corrected chi connectivity index (χ1v) is 8.48. The van der Waals surface area contributed by atoms with Crippen molar-refractivity contribution in [3.05, 3.63) is 54.7 Å². The van der Waals surface area contributed by atoms with E-state index in [1.807, 2.05) is 59.4 Å². The lowest BCUT2D eigenvalue weighted by Gasteiger charge is -2.30. The molecule has 1 aromatic heterocycles. The second-order valence-corrected chi connectivity index (χ2v) is 6.33. The summed E-state index contributed by atoms with van der Waals surface area (Å²) in [6.45, 7) is 1.07. The van der Waals surface area contributed by atoms with Crippen molar-refractivity contribution in [2.75, 3.05) is 18.4 Å². The Balaban J connectivity index is 1.49. The third kappa shape index (κ3) is 3.21. The maximum absolute atomic E-state index is 12.3. The number of piperidine rings is 1. The monoisotopic (exact) mass is 336 g/mol. The smallest absolute Gasteiger partial charge is 0.321 e. The average molecular weight is 336 g/mol. The number of hydrogen-bond acceptors (Lipinski definition) is 3. The van der Waals surface area contributed by atoms with Crippen molar-refractivity contribution in [1.29, 1.82) is 0 Å². The van der Waals surface area contributed by atoms with Crippen molar-refractivity contribution in [2.24, 2.45) is 0 Å². The van der Waals surface area contributed by atoms with Crippen LogP contribution in [0.3, 0.4) is 0 Å². The fraction of sp³-hybridized carbons (Fsp3) is 0.263. The number of benzene rings is 2. The molecule has 0 aliphatic carbocycles. The van der Waals surface area contributed by atoms with Crippen LogP contribution in [0.5, 0.6) is 0 Å². The molecular formula is C19H20N4O2. The van der Waals surface area contributed by atoms with Gasteiger partial charge in [0.05, 0.1) is 23.5 Å². The Hall–Kier alpha value is -2.86. The van der Waals surface area contributed by atoms with E-state index in [4.69, 9.17) is 0 Å². The van der Waals surface area contributed by atoms with Gasteiger partial charge >= 0.3 is 6.03 Å². The molecule has 2 N–H and O–H groups in total. The van der Waals surface area contributed by atoms with E-state index in [2.05, 4.69) is 10.4 Å². The van der Waals surface area contributed by atoms with Crippen LogP contribution in [0.4, 0.5) is 10.5 Å². The van der Waals surface area contributed by atoms with Crippen LogP contribution in [-0.2, 0) is 0 Å². The summed E-state index contributed by atoms with van der Waals surface area (Å²) in [6, 6.07) is 15.5. The van der Waals surface area contributed by atoms with E-state index in [0.717, 1.165) is 35.1 Å². The molecule has 0 radical (unpaired) electrons. The van der Waals surface area contributed by atoms with E-state index < -0.39 is 6.10 Å². The summed E-state index contributed by atoms with van der Waals surface area (Å²) >= 11 is 0. The Morgan fingerprint density at radius 1 is 1.16 bits per heavy atom. The van der Waals surface area contributed by atoms with E-state index in [1.54, 1.807) is 4.90 Å². The predicted molar refractivity (Wildman–Crippen MR) is 96.9 cm³/mol. The average Bonchev–Trinajstić information content (AvgIpc) is 3.06. The summed E-state index contributed by atoms with van der Waals surface area (Å²) in [4.78, 5) is 13.9. The molecule has 3 aromatic rings. The van der Waals surface area contributed by atoms with Crippen molar-refractivity contribution >= 4 is 22.6 Å². The highest BCUT2D eigenvalue weighted by molar-refractivity contribution is 5.89. The van der Waals surface area contributed by atoms with Gasteiger partial charge in [0.15, 0.2) is 0 Å². The van der Waals surface area contributed by atoms with Crippen LogP contribution in [-0.4, -0.2) is 45.0 Å². The summed E-state index contributed by atoms with van der Waals surface area (Å²) in [5.41, 5.74) is 2.71. The van der Waals surface area contributed by atoms with Crippen LogP contribution in [0.25, 0.3) is 16.6 Å². The minimum Gasteiger partial charge on any atom is -0.391 e. The SMILES string of the molecule is O=C(Nc1ccc(-n2ncc3ccccc32)cc1)N1CCC[C@@H](O)C1. The molecule has 0 unspecified atom stereocenters. The molecule has 0 bridgehead atoms. The first kappa shape index (κ1) is 15.7. The van der Waals surface area contributed by atoms with Crippen molar-refractivity contribution in [3.8, 4) is 5.69 Å². The Bertz CT molecular complexity index is 888. The van der Waals surface area contributed by atoms with Crippen molar-refractivity contribution in [1.82, 2.24) is 14.7 Å². The molecule has 6 heteroatoms. The standard InChI is InChI=1S/C19H20N4O2/c24-17-5-3-11-22(13-17)19(25)21-15-7-9-16(10-8-15)23-18-6-2-1-4-14(18)12-20-23/h1-2,4,6-10,12,17,24H,3,5,11,13H2,(H,21,25)/t17-/m1/s1. The topological polar surface area (TPSA) is 70.4 Å². The number of carbonyl (C=O) groups excluding carboxylic acids is 1. The van der Waals surface area contributed by atoms with Gasteiger partial charge in [-0.2, -0.15) is 5.10 Å². The maximum Gasteiger partial charge on any atom is 0.321 e. The Morgan fingerprint density at radius 3 is 2.76 bits per heavy atom. The Labute approximate surface area is 145 Å². The zero-order chi connectivity index (χ0) is 17.2. The Morgan fingerprint density at radius 2 is 1.96 bits per heavy atom. The van der Waals surface area contributed by atoms with E-state index in [0.29, 0.717) is 13.1 Å². The number of nitrogens with zero attached hydrogens (tertiary/aromatic N) is 3. The lowest BCUT2D eigenvalue weighted by atomic mass is 10.1. The maximum atomic E-state index is 12.3. The highest BCUT2D eigenvalue weighted by Gasteiger charge is 2.21. The molecule has 1 atom stereocenters. The fourth-order valence-electron chi connectivity index (χ4n) is 3.21. The molecule has 2 aromatic carbocycles. The van der Waals surface area contributed by atoms with Gasteiger partial charge in [0, 0.05) is 24.2 Å². The fourth-order valence-corrected chi connectivity index (χ4v) is 3.21. The number of aliphatic hydroxyl groups is 1. The third-order valence-electron chi connectivity index (χ3n) is 4.52. The number of amides is 2. The molecule has 25 heavy (non-hydrogen) atoms. The van der Waals surface area contributed by atoms with Gasteiger partial charge in [-0.15, -0.1) is 0 Å². The molecule has 128 valence electrons. The van der Waals surface area contributed by atoms with Crippen LogP contribution in [0.1, 0.15) is 12.8 Å². The van der Waals surface area contributed by atoms with Crippen molar-refractivity contribution < 1.29 is 9.90 Å². The number of aromatic nitrogens is 2. The van der Waals surface area contributed by atoms with Gasteiger partial charge in [-0.05, 0) is 43.2 Å². The number of likely N-dealkylation sites (tertiary alicyclic amines) is 1. The summed E-state index contributed by atoms with van der Waals surface area (Å²) < 4.78 is 1.88. The van der Waals surface area contributed by atoms with Crippen LogP contribution < -0.4 is 5.32 Å². The second kappa shape index (κ2) is 6.57. The Kier molecular flexibility index (Phi) is 4.11. The third-order valence-corrected chi connectivity index (χ3v) is 4.52. The lowest BCUT2D eigenvalue weighted by molar-refractivity contribution is 0.0883. The predicted octanol–water partition coefficient (Wildman–Crippen LogP) is 3.01. The molecule has 1 aliphatic rings. The van der Waals surface area contributed by atoms with Gasteiger partial charge in [-0.1, -0.05) is 18.2 Å². The highest BCUT2D eigenvalue weighted by Crippen LogP contribution is 2.20. The van der Waals surface area contributed by atoms with Crippen molar-refractivity contribution in [3.63, 3.8) is 0 Å². The molecular weight excluding hydrogens is 316 g/mol. The minimum atomic E-state index is -0.421. The highest BCUT2D eigenvalue weighted by atomic mass is 16.3. The van der Waals surface area contributed by atoms with Gasteiger partial charge in [0.25, 0.3) is 0 Å². The second-order valence-electron chi connectivity index (χ2n) is 6.33. The summed E-state index contributed by atoms with van der Waals surface area (Å²) in [7, 11) is 0. The number of rotatable bonds is 2. The number of carbonyl (C=O) groups is 1. The summed E-state index contributed by atoms with van der Waals surface area (Å²) in [5.74, 6) is 0. The summed E-state index contributed by atoms with van der Waals surface area (Å²) in [5, 5.41) is 18.1. The number of para-hydroxylation sites is 1. The first-order chi connectivity index (χ1) is 12.2. The van der Waals surface area contributed by atoms with Gasteiger partial charge < -0.3 is 15.3 Å². The number of β-amino-alcohol motifs (C(OH)–C–C–N with tert-alkyl or cyclic N) is 1. The van der Waals surface area contributed by atoms with Crippen molar-refractivity contribution in [2.45, 2.75) is 18.9 Å². The minimum absolute atomic E-state index is 0.170. The van der Waals surface area contributed by atoms with E-state index in [1.165, 1.54) is 0 Å². The zero-order valence-electron chi connectivity index (χ0n) is 13.8. The quantitative estimate of drug-likeness (QED) is 0.756.